The summed E-state index contributed by atoms with van der Waals surface area (Å²) in [6.45, 7) is 6.05. The lowest BCUT2D eigenvalue weighted by atomic mass is 10.00. The van der Waals surface area contributed by atoms with Crippen LogP contribution in [0.1, 0.15) is 28.4 Å². The van der Waals surface area contributed by atoms with Crippen molar-refractivity contribution in [3.8, 4) is 17.2 Å². The lowest BCUT2D eigenvalue weighted by molar-refractivity contribution is 0.101. The van der Waals surface area contributed by atoms with E-state index >= 15 is 0 Å². The molecule has 4 nitrogen and oxygen atoms in total. The lowest BCUT2D eigenvalue weighted by Crippen LogP contribution is -1.97. The van der Waals surface area contributed by atoms with E-state index in [0.29, 0.717) is 0 Å². The van der Waals surface area contributed by atoms with Gasteiger partial charge in [0.05, 0.1) is 0 Å². The van der Waals surface area contributed by atoms with E-state index in [-0.39, 0.29) is 22.4 Å². The fourth-order valence-corrected chi connectivity index (χ4v) is 1.23. The molecule has 0 bridgehead atoms. The minimum atomic E-state index is -0.479. The van der Waals surface area contributed by atoms with Gasteiger partial charge in [-0.2, -0.15) is 0 Å². The van der Waals surface area contributed by atoms with E-state index in [0.717, 1.165) is 0 Å². The Labute approximate surface area is 81.4 Å². The molecule has 0 aliphatic heterocycles. The summed E-state index contributed by atoms with van der Waals surface area (Å²) in [7, 11) is 0. The molecular formula is C10H11O4. The number of benzene rings is 1. The van der Waals surface area contributed by atoms with Crippen LogP contribution in [-0.2, 0) is 0 Å². The smallest absolute Gasteiger partial charge is 0.167 e. The maximum atomic E-state index is 11.1. The van der Waals surface area contributed by atoms with Crippen molar-refractivity contribution < 1.29 is 20.1 Å². The molecule has 1 rings (SSSR count). The predicted molar refractivity (Wildman–Crippen MR) is 50.6 cm³/mol. The predicted octanol–water partition coefficient (Wildman–Crippen LogP) is 1.50. The van der Waals surface area contributed by atoms with Gasteiger partial charge < -0.3 is 15.3 Å². The summed E-state index contributed by atoms with van der Waals surface area (Å²) in [6, 6.07) is 0. The molecule has 0 aromatic heterocycles. The van der Waals surface area contributed by atoms with Crippen LogP contribution in [0.15, 0.2) is 0 Å². The molecule has 0 amide bonds. The molecule has 0 atom stereocenters. The van der Waals surface area contributed by atoms with Crippen LogP contribution in [0.2, 0.25) is 0 Å². The van der Waals surface area contributed by atoms with Crippen molar-refractivity contribution in [2.45, 2.75) is 13.8 Å². The van der Waals surface area contributed by atoms with Crippen LogP contribution in [0, 0.1) is 13.8 Å². The lowest BCUT2D eigenvalue weighted by Gasteiger charge is -2.12. The number of Topliss-reactive ketones (excluding diaryl/α,β-unsaturated/α-hetero) is 1. The summed E-state index contributed by atoms with van der Waals surface area (Å²) < 4.78 is 0. The maximum absolute atomic E-state index is 11.1. The Morgan fingerprint density at radius 3 is 2.07 bits per heavy atom. The Morgan fingerprint density at radius 2 is 1.64 bits per heavy atom. The van der Waals surface area contributed by atoms with Gasteiger partial charge in [-0.1, -0.05) is 0 Å². The van der Waals surface area contributed by atoms with Crippen LogP contribution >= 0.6 is 0 Å². The molecule has 0 aliphatic carbocycles. The van der Waals surface area contributed by atoms with Crippen LogP contribution < -0.4 is 0 Å². The molecule has 0 spiro atoms. The summed E-state index contributed by atoms with van der Waals surface area (Å²) in [6.07, 6.45) is 0. The molecule has 0 unspecified atom stereocenters. The van der Waals surface area contributed by atoms with Gasteiger partial charge in [0.1, 0.15) is 22.8 Å². The van der Waals surface area contributed by atoms with Crippen molar-refractivity contribution in [3.63, 3.8) is 0 Å². The fourth-order valence-electron chi connectivity index (χ4n) is 1.23. The second-order valence-corrected chi connectivity index (χ2v) is 3.08. The average Bonchev–Trinajstić information content (AvgIpc) is 2.11. The molecule has 75 valence electrons. The van der Waals surface area contributed by atoms with Crippen LogP contribution in [0.3, 0.4) is 0 Å². The van der Waals surface area contributed by atoms with Gasteiger partial charge in [0.15, 0.2) is 5.78 Å². The summed E-state index contributed by atoms with van der Waals surface area (Å²) in [5.41, 5.74) is -0.117. The second-order valence-electron chi connectivity index (χ2n) is 3.08. The number of carbonyl (C=O) groups excluding carboxylic acids is 1. The molecule has 0 saturated carbocycles. The van der Waals surface area contributed by atoms with E-state index in [1.807, 2.05) is 0 Å². The first-order valence-corrected chi connectivity index (χ1v) is 3.98. The third-order valence-electron chi connectivity index (χ3n) is 2.11. The number of hydrogen-bond donors (Lipinski definition) is 3. The van der Waals surface area contributed by atoms with Gasteiger partial charge in [-0.15, -0.1) is 0 Å². The average molecular weight is 195 g/mol. The zero-order chi connectivity index (χ0) is 11.0. The highest BCUT2D eigenvalue weighted by atomic mass is 16.3. The highest BCUT2D eigenvalue weighted by molar-refractivity contribution is 6.01. The van der Waals surface area contributed by atoms with Crippen molar-refractivity contribution in [1.82, 2.24) is 0 Å². The number of ketones is 1. The minimum absolute atomic E-state index is 0.0505. The highest BCUT2D eigenvalue weighted by Crippen LogP contribution is 2.40. The normalized spacial score (nSPS) is 10.2. The Kier molecular flexibility index (Phi) is 2.38. The van der Waals surface area contributed by atoms with Crippen LogP contribution in [-0.4, -0.2) is 21.1 Å². The van der Waals surface area contributed by atoms with E-state index < -0.39 is 17.3 Å². The molecule has 14 heavy (non-hydrogen) atoms. The third kappa shape index (κ3) is 1.28. The van der Waals surface area contributed by atoms with E-state index in [1.54, 1.807) is 0 Å². The minimum Gasteiger partial charge on any atom is -0.507 e. The van der Waals surface area contributed by atoms with Crippen LogP contribution in [0.25, 0.3) is 0 Å². The number of phenolic OH excluding ortho intramolecular Hbond substituents is 3. The molecule has 0 heterocycles. The first kappa shape index (κ1) is 10.4. The Morgan fingerprint density at radius 1 is 1.14 bits per heavy atom. The zero-order valence-electron chi connectivity index (χ0n) is 7.96. The molecule has 0 fully saturated rings. The first-order valence-electron chi connectivity index (χ1n) is 3.98. The molecule has 0 saturated heterocycles. The van der Waals surface area contributed by atoms with E-state index in [1.165, 1.54) is 13.8 Å². The maximum Gasteiger partial charge on any atom is 0.167 e. The Balaban J connectivity index is 3.68. The van der Waals surface area contributed by atoms with Gasteiger partial charge >= 0.3 is 0 Å². The Bertz CT molecular complexity index is 378. The topological polar surface area (TPSA) is 77.8 Å². The monoisotopic (exact) mass is 195 g/mol. The quantitative estimate of drug-likeness (QED) is 0.593. The number of hydrogen-bond acceptors (Lipinski definition) is 4. The van der Waals surface area contributed by atoms with Crippen molar-refractivity contribution in [2.75, 3.05) is 0 Å². The molecule has 4 heteroatoms. The van der Waals surface area contributed by atoms with Gasteiger partial charge in [-0.25, -0.2) is 0 Å². The van der Waals surface area contributed by atoms with Gasteiger partial charge in [0, 0.05) is 11.1 Å². The fraction of sp³-hybridized carbons (Fsp3) is 0.200. The summed E-state index contributed by atoms with van der Waals surface area (Å²) in [5, 5.41) is 28.3. The molecule has 0 aliphatic rings. The first-order chi connectivity index (χ1) is 6.37. The number of phenols is 3. The zero-order valence-corrected chi connectivity index (χ0v) is 7.96. The third-order valence-corrected chi connectivity index (χ3v) is 2.11. The van der Waals surface area contributed by atoms with Crippen molar-refractivity contribution in [3.05, 3.63) is 23.6 Å². The summed E-state index contributed by atoms with van der Waals surface area (Å²) in [5.74, 6) is -1.66. The molecule has 1 aromatic rings. The van der Waals surface area contributed by atoms with Crippen LogP contribution in [0.5, 0.6) is 17.2 Å². The van der Waals surface area contributed by atoms with Gasteiger partial charge in [-0.05, 0) is 20.8 Å². The van der Waals surface area contributed by atoms with Gasteiger partial charge in [0.2, 0.25) is 0 Å². The molecule has 1 radical (unpaired) electrons. The van der Waals surface area contributed by atoms with Crippen molar-refractivity contribution in [2.24, 2.45) is 0 Å². The van der Waals surface area contributed by atoms with Crippen molar-refractivity contribution in [1.29, 1.82) is 0 Å². The number of carbonyl (C=O) groups is 1. The summed E-state index contributed by atoms with van der Waals surface area (Å²) in [4.78, 5) is 11.1. The van der Waals surface area contributed by atoms with E-state index in [2.05, 4.69) is 6.92 Å². The Hall–Kier alpha value is -1.71. The summed E-state index contributed by atoms with van der Waals surface area (Å²) >= 11 is 0. The standard InChI is InChI=1S/C10H11O4/c1-4-8(12)5(2)10(14)7(6(3)11)9(4)13/h12-14H,1H2,2-3H3. The second kappa shape index (κ2) is 3.21. The SMILES string of the molecule is [CH2]c1c(O)c(C)c(O)c(C(C)=O)c1O. The van der Waals surface area contributed by atoms with Crippen molar-refractivity contribution >= 4 is 5.78 Å². The van der Waals surface area contributed by atoms with E-state index in [9.17, 15) is 20.1 Å². The van der Waals surface area contributed by atoms with Crippen LogP contribution in [0.4, 0.5) is 0 Å². The van der Waals surface area contributed by atoms with Gasteiger partial charge in [-0.3, -0.25) is 4.79 Å². The molecule has 3 N–H and O–H groups in total. The number of aromatic hydroxyl groups is 3. The molecule has 1 aromatic carbocycles. The molecular weight excluding hydrogens is 184 g/mol. The number of rotatable bonds is 1. The van der Waals surface area contributed by atoms with E-state index in [4.69, 9.17) is 0 Å². The highest BCUT2D eigenvalue weighted by Gasteiger charge is 2.21. The largest absolute Gasteiger partial charge is 0.507 e. The van der Waals surface area contributed by atoms with Gasteiger partial charge in [0.25, 0.3) is 0 Å².